The Bertz CT molecular complexity index is 694. The summed E-state index contributed by atoms with van der Waals surface area (Å²) in [5.41, 5.74) is 7.63. The molecular weight excluding hydrogens is 280 g/mol. The van der Waals surface area contributed by atoms with Crippen LogP contribution in [-0.4, -0.2) is 9.56 Å². The van der Waals surface area contributed by atoms with Crippen molar-refractivity contribution in [2.24, 2.45) is 5.73 Å². The standard InChI is InChI=1S/C14H13ClN2OS/c1-9-4-5-10(12(15)7-9)8-17-6-2-3-11(13(16)19)14(17)18/h2-7H,8H2,1H3,(H2,16,19). The Morgan fingerprint density at radius 1 is 1.42 bits per heavy atom. The smallest absolute Gasteiger partial charge is 0.261 e. The van der Waals surface area contributed by atoms with E-state index in [1.807, 2.05) is 25.1 Å². The van der Waals surface area contributed by atoms with Gasteiger partial charge in [0.25, 0.3) is 5.56 Å². The average Bonchev–Trinajstić information content (AvgIpc) is 2.34. The van der Waals surface area contributed by atoms with Crippen molar-refractivity contribution in [1.82, 2.24) is 4.57 Å². The molecule has 0 atom stereocenters. The van der Waals surface area contributed by atoms with E-state index in [0.717, 1.165) is 11.1 Å². The Kier molecular flexibility index (Phi) is 4.02. The number of halogens is 1. The minimum atomic E-state index is -0.202. The molecule has 0 saturated carbocycles. The van der Waals surface area contributed by atoms with Gasteiger partial charge < -0.3 is 10.3 Å². The summed E-state index contributed by atoms with van der Waals surface area (Å²) in [6.45, 7) is 2.36. The molecule has 1 aromatic heterocycles. The number of rotatable bonds is 3. The van der Waals surface area contributed by atoms with E-state index in [1.54, 1.807) is 22.9 Å². The second-order valence-electron chi connectivity index (χ2n) is 4.31. The summed E-state index contributed by atoms with van der Waals surface area (Å²) in [5.74, 6) is 0. The van der Waals surface area contributed by atoms with Crippen molar-refractivity contribution < 1.29 is 0 Å². The first-order valence-electron chi connectivity index (χ1n) is 5.73. The van der Waals surface area contributed by atoms with Gasteiger partial charge in [-0.15, -0.1) is 0 Å². The first-order chi connectivity index (χ1) is 8.99. The molecular formula is C14H13ClN2OS. The first-order valence-corrected chi connectivity index (χ1v) is 6.52. The Balaban J connectivity index is 2.42. The quantitative estimate of drug-likeness (QED) is 0.884. The van der Waals surface area contributed by atoms with Crippen LogP contribution in [0, 0.1) is 6.92 Å². The highest BCUT2D eigenvalue weighted by molar-refractivity contribution is 7.80. The van der Waals surface area contributed by atoms with Gasteiger partial charge in [0.2, 0.25) is 0 Å². The zero-order valence-electron chi connectivity index (χ0n) is 10.4. The summed E-state index contributed by atoms with van der Waals surface area (Å²) in [6, 6.07) is 9.12. The summed E-state index contributed by atoms with van der Waals surface area (Å²) in [5, 5.41) is 0.646. The lowest BCUT2D eigenvalue weighted by molar-refractivity contribution is 0.757. The Morgan fingerprint density at radius 3 is 2.79 bits per heavy atom. The van der Waals surface area contributed by atoms with Crippen molar-refractivity contribution in [3.8, 4) is 0 Å². The van der Waals surface area contributed by atoms with Gasteiger partial charge in [-0.2, -0.15) is 0 Å². The van der Waals surface area contributed by atoms with Crippen LogP contribution in [0.2, 0.25) is 5.02 Å². The molecule has 0 aliphatic heterocycles. The highest BCUT2D eigenvalue weighted by Crippen LogP contribution is 2.18. The molecule has 0 saturated heterocycles. The normalized spacial score (nSPS) is 10.4. The molecule has 0 aliphatic rings. The summed E-state index contributed by atoms with van der Waals surface area (Å²) in [7, 11) is 0. The van der Waals surface area contributed by atoms with E-state index >= 15 is 0 Å². The molecule has 0 bridgehead atoms. The minimum Gasteiger partial charge on any atom is -0.389 e. The molecule has 1 heterocycles. The molecule has 5 heteroatoms. The van der Waals surface area contributed by atoms with Gasteiger partial charge in [-0.1, -0.05) is 36.0 Å². The number of aryl methyl sites for hydroxylation is 1. The Labute approximate surface area is 121 Å². The first kappa shape index (κ1) is 13.8. The van der Waals surface area contributed by atoms with Gasteiger partial charge in [-0.25, -0.2) is 0 Å². The SMILES string of the molecule is Cc1ccc(Cn2cccc(C(N)=S)c2=O)c(Cl)c1. The fourth-order valence-electron chi connectivity index (χ4n) is 1.81. The monoisotopic (exact) mass is 292 g/mol. The third kappa shape index (κ3) is 3.03. The third-order valence-corrected chi connectivity index (χ3v) is 3.41. The predicted octanol–water partition coefficient (Wildman–Crippen LogP) is 2.49. The molecule has 2 aromatic rings. The average molecular weight is 293 g/mol. The van der Waals surface area contributed by atoms with Gasteiger partial charge in [0.05, 0.1) is 12.1 Å². The molecule has 0 fully saturated rings. The number of nitrogens with two attached hydrogens (primary N) is 1. The highest BCUT2D eigenvalue weighted by Gasteiger charge is 2.07. The summed E-state index contributed by atoms with van der Waals surface area (Å²) >= 11 is 11.0. The van der Waals surface area contributed by atoms with Gasteiger partial charge in [-0.05, 0) is 36.2 Å². The molecule has 1 aromatic carbocycles. The number of aromatic nitrogens is 1. The van der Waals surface area contributed by atoms with Gasteiger partial charge in [0, 0.05) is 11.2 Å². The molecule has 3 nitrogen and oxygen atoms in total. The summed E-state index contributed by atoms with van der Waals surface area (Å²) in [6.07, 6.45) is 1.69. The largest absolute Gasteiger partial charge is 0.389 e. The van der Waals surface area contributed by atoms with E-state index in [-0.39, 0.29) is 10.5 Å². The van der Waals surface area contributed by atoms with Crippen molar-refractivity contribution in [2.45, 2.75) is 13.5 Å². The van der Waals surface area contributed by atoms with Gasteiger partial charge in [-0.3, -0.25) is 4.79 Å². The number of benzene rings is 1. The third-order valence-electron chi connectivity index (χ3n) is 2.83. The lowest BCUT2D eigenvalue weighted by atomic mass is 10.1. The Hall–Kier alpha value is -1.65. The predicted molar refractivity (Wildman–Crippen MR) is 81.9 cm³/mol. The molecule has 0 amide bonds. The fraction of sp³-hybridized carbons (Fsp3) is 0.143. The number of hydrogen-bond acceptors (Lipinski definition) is 2. The molecule has 0 aliphatic carbocycles. The van der Waals surface area contributed by atoms with Crippen LogP contribution in [0.3, 0.4) is 0 Å². The van der Waals surface area contributed by atoms with E-state index in [9.17, 15) is 4.79 Å². The number of hydrogen-bond donors (Lipinski definition) is 1. The van der Waals surface area contributed by atoms with Gasteiger partial charge in [0.1, 0.15) is 4.99 Å². The fourth-order valence-corrected chi connectivity index (χ4v) is 2.26. The van der Waals surface area contributed by atoms with E-state index < -0.39 is 0 Å². The number of thiocarbonyl (C=S) groups is 1. The molecule has 2 rings (SSSR count). The van der Waals surface area contributed by atoms with Crippen LogP contribution >= 0.6 is 23.8 Å². The molecule has 19 heavy (non-hydrogen) atoms. The van der Waals surface area contributed by atoms with Crippen molar-refractivity contribution >= 4 is 28.8 Å². The lowest BCUT2D eigenvalue weighted by Crippen LogP contribution is -2.28. The van der Waals surface area contributed by atoms with Crippen LogP contribution in [0.5, 0.6) is 0 Å². The van der Waals surface area contributed by atoms with Crippen LogP contribution in [0.1, 0.15) is 16.7 Å². The van der Waals surface area contributed by atoms with Crippen LogP contribution in [0.25, 0.3) is 0 Å². The highest BCUT2D eigenvalue weighted by atomic mass is 35.5. The van der Waals surface area contributed by atoms with Crippen molar-refractivity contribution in [2.75, 3.05) is 0 Å². The van der Waals surface area contributed by atoms with Crippen molar-refractivity contribution in [3.63, 3.8) is 0 Å². The topological polar surface area (TPSA) is 48.0 Å². The van der Waals surface area contributed by atoms with Crippen LogP contribution in [0.15, 0.2) is 41.3 Å². The zero-order valence-corrected chi connectivity index (χ0v) is 12.0. The Morgan fingerprint density at radius 2 is 2.16 bits per heavy atom. The molecule has 2 N–H and O–H groups in total. The summed E-state index contributed by atoms with van der Waals surface area (Å²) < 4.78 is 1.55. The van der Waals surface area contributed by atoms with E-state index in [4.69, 9.17) is 29.6 Å². The van der Waals surface area contributed by atoms with Crippen molar-refractivity contribution in [3.05, 3.63) is 68.6 Å². The molecule has 0 unspecified atom stereocenters. The van der Waals surface area contributed by atoms with E-state index in [1.165, 1.54) is 0 Å². The second-order valence-corrected chi connectivity index (χ2v) is 5.16. The van der Waals surface area contributed by atoms with Gasteiger partial charge >= 0.3 is 0 Å². The zero-order chi connectivity index (χ0) is 14.0. The maximum atomic E-state index is 12.1. The molecule has 0 spiro atoms. The van der Waals surface area contributed by atoms with E-state index in [2.05, 4.69) is 0 Å². The maximum Gasteiger partial charge on any atom is 0.261 e. The summed E-state index contributed by atoms with van der Waals surface area (Å²) in [4.78, 5) is 12.3. The molecule has 0 radical (unpaired) electrons. The maximum absolute atomic E-state index is 12.1. The van der Waals surface area contributed by atoms with Crippen LogP contribution in [-0.2, 0) is 6.54 Å². The van der Waals surface area contributed by atoms with Gasteiger partial charge in [0.15, 0.2) is 0 Å². The van der Waals surface area contributed by atoms with E-state index in [0.29, 0.717) is 17.1 Å². The number of nitrogens with zero attached hydrogens (tertiary/aromatic N) is 1. The number of pyridine rings is 1. The minimum absolute atomic E-state index is 0.106. The van der Waals surface area contributed by atoms with Crippen molar-refractivity contribution in [1.29, 1.82) is 0 Å². The van der Waals surface area contributed by atoms with Crippen LogP contribution in [0.4, 0.5) is 0 Å². The molecule has 98 valence electrons. The van der Waals surface area contributed by atoms with Crippen LogP contribution < -0.4 is 11.3 Å². The lowest BCUT2D eigenvalue weighted by Gasteiger charge is -2.09. The second kappa shape index (κ2) is 5.55.